The van der Waals surface area contributed by atoms with Gasteiger partial charge in [-0.3, -0.25) is 29.8 Å². The number of benzene rings is 2. The number of rotatable bonds is 8. The minimum atomic E-state index is -0.463. The van der Waals surface area contributed by atoms with Gasteiger partial charge in [-0.1, -0.05) is 59.2 Å². The fourth-order valence-corrected chi connectivity index (χ4v) is 4.17. The Bertz CT molecular complexity index is 1110. The van der Waals surface area contributed by atoms with E-state index in [1.54, 1.807) is 12.1 Å². The fraction of sp³-hybridized carbons (Fsp3) is 0.414. The summed E-state index contributed by atoms with van der Waals surface area (Å²) >= 11 is 1.15. The summed E-state index contributed by atoms with van der Waals surface area (Å²) in [6, 6.07) is 12.3. The maximum atomic E-state index is 12.6. The average Bonchev–Trinajstić information content (AvgIpc) is 3.27. The normalized spacial score (nSPS) is 11.6. The first kappa shape index (κ1) is 35.3. The zero-order chi connectivity index (χ0) is 30.2. The standard InChI is InChI=1S/C21H27N3O3S.C4H3NO2.2C2H6/c1-14(2)13-21(4,5)22-20(25)16-8-11-19(18(12-16)24(26)27)28-23-17-9-6-15(3)7-10-17;6-3-1-2-4(7)5-3;2*1-2/h6-12,14,23H,13H2,1-5H3,(H,22,25);1-2H,(H,5,6,7);2*1-2H3. The van der Waals surface area contributed by atoms with E-state index in [9.17, 15) is 24.5 Å². The highest BCUT2D eigenvalue weighted by Crippen LogP contribution is 2.31. The number of hydrogen-bond acceptors (Lipinski definition) is 7. The van der Waals surface area contributed by atoms with Gasteiger partial charge < -0.3 is 10.0 Å². The molecule has 3 amide bonds. The van der Waals surface area contributed by atoms with Gasteiger partial charge in [0.2, 0.25) is 0 Å². The topological polar surface area (TPSA) is 130 Å². The maximum absolute atomic E-state index is 12.6. The molecule has 0 saturated heterocycles. The van der Waals surface area contributed by atoms with Crippen LogP contribution < -0.4 is 15.4 Å². The summed E-state index contributed by atoms with van der Waals surface area (Å²) in [5.41, 5.74) is 1.78. The molecule has 0 unspecified atom stereocenters. The van der Waals surface area contributed by atoms with Crippen molar-refractivity contribution in [2.45, 2.75) is 79.2 Å². The Balaban J connectivity index is 0.00000111. The van der Waals surface area contributed by atoms with Crippen molar-refractivity contribution >= 4 is 41.0 Å². The number of nitrogens with zero attached hydrogens (tertiary/aromatic N) is 1. The first-order valence-electron chi connectivity index (χ1n) is 13.0. The third kappa shape index (κ3) is 13.6. The summed E-state index contributed by atoms with van der Waals surface area (Å²) in [5, 5.41) is 16.5. The van der Waals surface area contributed by atoms with Gasteiger partial charge >= 0.3 is 0 Å². The van der Waals surface area contributed by atoms with E-state index >= 15 is 0 Å². The number of anilines is 1. The predicted molar refractivity (Wildman–Crippen MR) is 160 cm³/mol. The molecule has 214 valence electrons. The zero-order valence-corrected chi connectivity index (χ0v) is 25.2. The van der Waals surface area contributed by atoms with Crippen LogP contribution in [0.2, 0.25) is 0 Å². The van der Waals surface area contributed by atoms with Gasteiger partial charge in [0.15, 0.2) is 0 Å². The molecule has 9 nitrogen and oxygen atoms in total. The SMILES string of the molecule is CC.CC.Cc1ccc(NSc2ccc(C(=O)NC(C)(C)CC(C)C)cc2[N+](=O)[O-])cc1.O=C1C=CC(=O)N1. The Morgan fingerprint density at radius 1 is 1.00 bits per heavy atom. The number of nitro benzene ring substituents is 1. The van der Waals surface area contributed by atoms with Gasteiger partial charge in [-0.25, -0.2) is 0 Å². The fourth-order valence-electron chi connectivity index (χ4n) is 3.43. The van der Waals surface area contributed by atoms with Crippen LogP contribution in [-0.2, 0) is 9.59 Å². The number of imide groups is 1. The van der Waals surface area contributed by atoms with E-state index in [2.05, 4.69) is 23.9 Å². The van der Waals surface area contributed by atoms with Crippen molar-refractivity contribution in [1.82, 2.24) is 10.6 Å². The van der Waals surface area contributed by atoms with Crippen molar-refractivity contribution in [1.29, 1.82) is 0 Å². The molecule has 0 radical (unpaired) electrons. The Morgan fingerprint density at radius 3 is 1.97 bits per heavy atom. The van der Waals surface area contributed by atoms with E-state index in [1.165, 1.54) is 18.2 Å². The van der Waals surface area contributed by atoms with E-state index in [4.69, 9.17) is 0 Å². The lowest BCUT2D eigenvalue weighted by atomic mass is 9.92. The quantitative estimate of drug-likeness (QED) is 0.140. The smallest absolute Gasteiger partial charge is 0.285 e. The summed E-state index contributed by atoms with van der Waals surface area (Å²) in [4.78, 5) is 44.2. The van der Waals surface area contributed by atoms with E-state index < -0.39 is 4.92 Å². The Kier molecular flexibility index (Phi) is 16.1. The van der Waals surface area contributed by atoms with Gasteiger partial charge in [-0.05, 0) is 69.3 Å². The van der Waals surface area contributed by atoms with Crippen molar-refractivity contribution in [2.24, 2.45) is 5.92 Å². The summed E-state index contributed by atoms with van der Waals surface area (Å²) in [6.45, 7) is 18.1. The van der Waals surface area contributed by atoms with Crippen LogP contribution in [0.3, 0.4) is 0 Å². The Hall–Kier alpha value is -3.66. The van der Waals surface area contributed by atoms with E-state index in [0.717, 1.165) is 29.6 Å². The van der Waals surface area contributed by atoms with Crippen LogP contribution in [0.1, 0.15) is 77.7 Å². The molecule has 0 spiro atoms. The molecule has 1 aliphatic heterocycles. The molecule has 10 heteroatoms. The van der Waals surface area contributed by atoms with Crippen LogP contribution in [0, 0.1) is 23.0 Å². The molecule has 0 aromatic heterocycles. The molecule has 0 bridgehead atoms. The van der Waals surface area contributed by atoms with E-state index in [1.807, 2.05) is 78.0 Å². The summed E-state index contributed by atoms with van der Waals surface area (Å²) in [6.07, 6.45) is 3.21. The highest BCUT2D eigenvalue weighted by Gasteiger charge is 2.24. The first-order valence-corrected chi connectivity index (χ1v) is 13.8. The minimum absolute atomic E-state index is 0.0982. The molecule has 39 heavy (non-hydrogen) atoms. The molecular weight excluding hydrogens is 516 g/mol. The van der Waals surface area contributed by atoms with Crippen LogP contribution in [0.4, 0.5) is 11.4 Å². The lowest BCUT2D eigenvalue weighted by Gasteiger charge is -2.28. The molecule has 0 saturated carbocycles. The highest BCUT2D eigenvalue weighted by molar-refractivity contribution is 8.00. The van der Waals surface area contributed by atoms with Gasteiger partial charge in [-0.15, -0.1) is 0 Å². The van der Waals surface area contributed by atoms with E-state index in [0.29, 0.717) is 10.8 Å². The van der Waals surface area contributed by atoms with Crippen LogP contribution in [-0.4, -0.2) is 28.2 Å². The Morgan fingerprint density at radius 2 is 1.54 bits per heavy atom. The van der Waals surface area contributed by atoms with Crippen LogP contribution in [0.25, 0.3) is 0 Å². The Labute approximate surface area is 236 Å². The predicted octanol–water partition coefficient (Wildman–Crippen LogP) is 6.83. The molecular formula is C29H42N4O5S. The third-order valence-electron chi connectivity index (χ3n) is 4.75. The number of nitrogens with one attached hydrogen (secondary N) is 3. The van der Waals surface area contributed by atoms with Gasteiger partial charge in [0.1, 0.15) is 4.90 Å². The largest absolute Gasteiger partial charge is 0.347 e. The number of aryl methyl sites for hydroxylation is 1. The second-order valence-electron chi connectivity index (χ2n) is 9.13. The summed E-state index contributed by atoms with van der Waals surface area (Å²) in [5.74, 6) is -0.539. The number of amides is 3. The van der Waals surface area contributed by atoms with Crippen LogP contribution in [0.5, 0.6) is 0 Å². The molecule has 3 N–H and O–H groups in total. The molecule has 1 heterocycles. The van der Waals surface area contributed by atoms with Crippen molar-refractivity contribution in [3.63, 3.8) is 0 Å². The molecule has 2 aromatic carbocycles. The second kappa shape index (κ2) is 17.8. The first-order chi connectivity index (χ1) is 18.4. The van der Waals surface area contributed by atoms with Gasteiger partial charge in [0.05, 0.1) is 4.92 Å². The second-order valence-corrected chi connectivity index (χ2v) is 9.98. The number of carbonyl (C=O) groups is 3. The average molecular weight is 559 g/mol. The van der Waals surface area contributed by atoms with Crippen molar-refractivity contribution in [3.05, 3.63) is 75.9 Å². The summed E-state index contributed by atoms with van der Waals surface area (Å²) in [7, 11) is 0. The van der Waals surface area contributed by atoms with E-state index in [-0.39, 0.29) is 34.5 Å². The number of hydrogen-bond donors (Lipinski definition) is 3. The van der Waals surface area contributed by atoms with Crippen molar-refractivity contribution < 1.29 is 19.3 Å². The highest BCUT2D eigenvalue weighted by atomic mass is 32.2. The zero-order valence-electron chi connectivity index (χ0n) is 24.4. The number of nitro groups is 1. The molecule has 0 atom stereocenters. The maximum Gasteiger partial charge on any atom is 0.285 e. The molecule has 2 aromatic rings. The van der Waals surface area contributed by atoms with Crippen LogP contribution >= 0.6 is 11.9 Å². The lowest BCUT2D eigenvalue weighted by Crippen LogP contribution is -2.44. The van der Waals surface area contributed by atoms with Gasteiger partial charge in [-0.2, -0.15) is 0 Å². The number of carbonyl (C=O) groups excluding carboxylic acids is 3. The van der Waals surface area contributed by atoms with Gasteiger partial charge in [0, 0.05) is 35.0 Å². The lowest BCUT2D eigenvalue weighted by molar-refractivity contribution is -0.387. The minimum Gasteiger partial charge on any atom is -0.347 e. The molecule has 1 aliphatic rings. The van der Waals surface area contributed by atoms with Gasteiger partial charge in [0.25, 0.3) is 23.4 Å². The monoisotopic (exact) mass is 558 g/mol. The molecule has 0 fully saturated rings. The molecule has 3 rings (SSSR count). The molecule has 0 aliphatic carbocycles. The summed E-state index contributed by atoms with van der Waals surface area (Å²) < 4.78 is 3.10. The van der Waals surface area contributed by atoms with Crippen molar-refractivity contribution in [3.8, 4) is 0 Å². The van der Waals surface area contributed by atoms with Crippen LogP contribution in [0.15, 0.2) is 59.5 Å². The van der Waals surface area contributed by atoms with Crippen molar-refractivity contribution in [2.75, 3.05) is 4.72 Å². The third-order valence-corrected chi connectivity index (χ3v) is 5.65.